The number of carbonyl (C=O) groups is 1. The van der Waals surface area contributed by atoms with E-state index in [1.807, 2.05) is 6.92 Å². The highest BCUT2D eigenvalue weighted by Gasteiger charge is 2.34. The third-order valence-electron chi connectivity index (χ3n) is 3.45. The van der Waals surface area contributed by atoms with Crippen LogP contribution in [-0.4, -0.2) is 80.7 Å². The van der Waals surface area contributed by atoms with Crippen LogP contribution >= 0.6 is 24.0 Å². The van der Waals surface area contributed by atoms with Crippen LogP contribution in [0.4, 0.5) is 13.2 Å². The molecule has 0 aromatic rings. The second kappa shape index (κ2) is 11.0. The van der Waals surface area contributed by atoms with E-state index in [1.165, 1.54) is 9.80 Å². The van der Waals surface area contributed by atoms with Crippen molar-refractivity contribution in [2.45, 2.75) is 32.0 Å². The van der Waals surface area contributed by atoms with E-state index in [-0.39, 0.29) is 35.9 Å². The maximum Gasteiger partial charge on any atom is 0.401 e. The van der Waals surface area contributed by atoms with Gasteiger partial charge in [0, 0.05) is 46.2 Å². The maximum atomic E-state index is 12.4. The molecule has 1 amide bonds. The maximum absolute atomic E-state index is 12.4. The van der Waals surface area contributed by atoms with E-state index < -0.39 is 12.7 Å². The van der Waals surface area contributed by atoms with Crippen molar-refractivity contribution in [3.63, 3.8) is 0 Å². The van der Waals surface area contributed by atoms with Crippen molar-refractivity contribution >= 4 is 35.8 Å². The molecule has 10 heteroatoms. The van der Waals surface area contributed by atoms with Crippen LogP contribution in [0.25, 0.3) is 0 Å². The number of amides is 1. The standard InChI is InChI=1S/C14H26F3N5O.HI/c1-4-18-13(19-7-5-12(23)21(2)3)20-11-6-8-22(9-11)10-14(15,16)17;/h11H,4-10H2,1-3H3,(H2,18,19,20);1H. The van der Waals surface area contributed by atoms with Crippen LogP contribution in [0.15, 0.2) is 4.99 Å². The van der Waals surface area contributed by atoms with E-state index in [4.69, 9.17) is 0 Å². The smallest absolute Gasteiger partial charge is 0.357 e. The fraction of sp³-hybridized carbons (Fsp3) is 0.857. The van der Waals surface area contributed by atoms with E-state index in [0.29, 0.717) is 45.0 Å². The Morgan fingerprint density at radius 2 is 2.04 bits per heavy atom. The van der Waals surface area contributed by atoms with Crippen molar-refractivity contribution in [3.05, 3.63) is 0 Å². The lowest BCUT2D eigenvalue weighted by Crippen LogP contribution is -2.45. The number of likely N-dealkylation sites (tertiary alicyclic amines) is 1. The summed E-state index contributed by atoms with van der Waals surface area (Å²) in [7, 11) is 3.37. The van der Waals surface area contributed by atoms with E-state index in [9.17, 15) is 18.0 Å². The van der Waals surface area contributed by atoms with E-state index >= 15 is 0 Å². The predicted molar refractivity (Wildman–Crippen MR) is 98.7 cm³/mol. The van der Waals surface area contributed by atoms with Gasteiger partial charge in [0.2, 0.25) is 5.91 Å². The van der Waals surface area contributed by atoms with Gasteiger partial charge in [0.15, 0.2) is 5.96 Å². The Morgan fingerprint density at radius 3 is 2.58 bits per heavy atom. The summed E-state index contributed by atoms with van der Waals surface area (Å²) in [4.78, 5) is 18.7. The molecule has 0 saturated carbocycles. The highest BCUT2D eigenvalue weighted by molar-refractivity contribution is 14.0. The van der Waals surface area contributed by atoms with E-state index in [1.54, 1.807) is 14.1 Å². The number of carbonyl (C=O) groups excluding carboxylic acids is 1. The van der Waals surface area contributed by atoms with Crippen molar-refractivity contribution < 1.29 is 18.0 Å². The Hall–Kier alpha value is -0.780. The monoisotopic (exact) mass is 465 g/mol. The molecule has 6 nitrogen and oxygen atoms in total. The van der Waals surface area contributed by atoms with Crippen molar-refractivity contribution in [2.75, 3.05) is 46.8 Å². The molecule has 1 saturated heterocycles. The SMILES string of the molecule is CCNC(=NCCC(=O)N(C)C)NC1CCN(CC(F)(F)F)C1.I. The van der Waals surface area contributed by atoms with Gasteiger partial charge in [0.05, 0.1) is 13.1 Å². The first-order valence-electron chi connectivity index (χ1n) is 7.75. The van der Waals surface area contributed by atoms with E-state index in [2.05, 4.69) is 15.6 Å². The summed E-state index contributed by atoms with van der Waals surface area (Å²) < 4.78 is 37.2. The third kappa shape index (κ3) is 9.50. The third-order valence-corrected chi connectivity index (χ3v) is 3.45. The van der Waals surface area contributed by atoms with Gasteiger partial charge in [0.1, 0.15) is 0 Å². The Morgan fingerprint density at radius 1 is 1.38 bits per heavy atom. The molecule has 0 aromatic carbocycles. The van der Waals surface area contributed by atoms with Gasteiger partial charge in [-0.1, -0.05) is 0 Å². The van der Waals surface area contributed by atoms with Gasteiger partial charge in [-0.2, -0.15) is 13.2 Å². The summed E-state index contributed by atoms with van der Waals surface area (Å²) in [6.45, 7) is 2.76. The molecule has 0 bridgehead atoms. The highest BCUT2D eigenvalue weighted by Crippen LogP contribution is 2.19. The van der Waals surface area contributed by atoms with Crippen molar-refractivity contribution in [2.24, 2.45) is 4.99 Å². The van der Waals surface area contributed by atoms with Crippen molar-refractivity contribution in [1.82, 2.24) is 20.4 Å². The van der Waals surface area contributed by atoms with Crippen LogP contribution in [0.1, 0.15) is 19.8 Å². The number of hydrogen-bond acceptors (Lipinski definition) is 3. The minimum Gasteiger partial charge on any atom is -0.357 e. The van der Waals surface area contributed by atoms with Gasteiger partial charge < -0.3 is 15.5 Å². The molecular weight excluding hydrogens is 438 g/mol. The van der Waals surface area contributed by atoms with Crippen LogP contribution in [0.5, 0.6) is 0 Å². The summed E-state index contributed by atoms with van der Waals surface area (Å²) in [5.74, 6) is 0.528. The predicted octanol–water partition coefficient (Wildman–Crippen LogP) is 1.27. The Kier molecular flexibility index (Phi) is 10.6. The Balaban J connectivity index is 0.00000529. The molecule has 0 aromatic heterocycles. The van der Waals surface area contributed by atoms with Crippen molar-refractivity contribution in [3.8, 4) is 0 Å². The van der Waals surface area contributed by atoms with Crippen LogP contribution < -0.4 is 10.6 Å². The van der Waals surface area contributed by atoms with Crippen LogP contribution in [0.3, 0.4) is 0 Å². The number of nitrogens with one attached hydrogen (secondary N) is 2. The molecule has 1 aliphatic heterocycles. The molecule has 1 aliphatic rings. The summed E-state index contributed by atoms with van der Waals surface area (Å²) in [6, 6.07) is -0.0697. The molecule has 24 heavy (non-hydrogen) atoms. The topological polar surface area (TPSA) is 60.0 Å². The molecule has 0 radical (unpaired) electrons. The number of nitrogens with zero attached hydrogens (tertiary/aromatic N) is 3. The molecule has 1 rings (SSSR count). The fourth-order valence-electron chi connectivity index (χ4n) is 2.35. The van der Waals surface area contributed by atoms with Gasteiger partial charge in [-0.3, -0.25) is 14.7 Å². The second-order valence-corrected chi connectivity index (χ2v) is 5.78. The number of halogens is 4. The first-order chi connectivity index (χ1) is 10.7. The summed E-state index contributed by atoms with van der Waals surface area (Å²) >= 11 is 0. The van der Waals surface area contributed by atoms with Gasteiger partial charge in [0.25, 0.3) is 0 Å². The first-order valence-corrected chi connectivity index (χ1v) is 7.75. The summed E-state index contributed by atoms with van der Waals surface area (Å²) in [5, 5.41) is 6.19. The summed E-state index contributed by atoms with van der Waals surface area (Å²) in [6.07, 6.45) is -3.23. The van der Waals surface area contributed by atoms with Gasteiger partial charge >= 0.3 is 6.18 Å². The molecular formula is C14H27F3IN5O. The largest absolute Gasteiger partial charge is 0.401 e. The van der Waals surface area contributed by atoms with E-state index in [0.717, 1.165) is 0 Å². The fourth-order valence-corrected chi connectivity index (χ4v) is 2.35. The van der Waals surface area contributed by atoms with Gasteiger partial charge in [-0.15, -0.1) is 24.0 Å². The second-order valence-electron chi connectivity index (χ2n) is 5.78. The number of guanidine groups is 1. The molecule has 0 spiro atoms. The average Bonchev–Trinajstić information content (AvgIpc) is 2.83. The minimum absolute atomic E-state index is 0. The molecule has 0 aliphatic carbocycles. The van der Waals surface area contributed by atoms with Crippen LogP contribution in [-0.2, 0) is 4.79 Å². The zero-order valence-electron chi connectivity index (χ0n) is 14.3. The first kappa shape index (κ1) is 23.2. The number of alkyl halides is 3. The Labute approximate surface area is 158 Å². The lowest BCUT2D eigenvalue weighted by atomic mass is 10.3. The number of hydrogen-bond donors (Lipinski definition) is 2. The summed E-state index contributed by atoms with van der Waals surface area (Å²) in [5.41, 5.74) is 0. The van der Waals surface area contributed by atoms with Crippen molar-refractivity contribution in [1.29, 1.82) is 0 Å². The zero-order valence-corrected chi connectivity index (χ0v) is 16.6. The molecule has 142 valence electrons. The quantitative estimate of drug-likeness (QED) is 0.353. The van der Waals surface area contributed by atoms with Gasteiger partial charge in [-0.25, -0.2) is 0 Å². The normalized spacial score (nSPS) is 18.9. The number of rotatable bonds is 6. The van der Waals surface area contributed by atoms with Crippen LogP contribution in [0.2, 0.25) is 0 Å². The molecule has 1 fully saturated rings. The average molecular weight is 465 g/mol. The number of aliphatic imine (C=N–C) groups is 1. The lowest BCUT2D eigenvalue weighted by molar-refractivity contribution is -0.143. The highest BCUT2D eigenvalue weighted by atomic mass is 127. The zero-order chi connectivity index (χ0) is 17.5. The molecule has 1 atom stereocenters. The Bertz CT molecular complexity index is 418. The minimum atomic E-state index is -4.17. The molecule has 1 heterocycles. The molecule has 2 N–H and O–H groups in total. The van der Waals surface area contributed by atoms with Gasteiger partial charge in [-0.05, 0) is 13.3 Å². The molecule has 1 unspecified atom stereocenters. The lowest BCUT2D eigenvalue weighted by Gasteiger charge is -2.19. The van der Waals surface area contributed by atoms with Crippen LogP contribution in [0, 0.1) is 0 Å².